The van der Waals surface area contributed by atoms with Gasteiger partial charge in [-0.1, -0.05) is 60.7 Å². The summed E-state index contributed by atoms with van der Waals surface area (Å²) in [5, 5.41) is 13.6. The molecule has 0 aliphatic rings. The lowest BCUT2D eigenvalue weighted by Crippen LogP contribution is -2.35. The van der Waals surface area contributed by atoms with Gasteiger partial charge in [0.1, 0.15) is 17.6 Å². The van der Waals surface area contributed by atoms with Crippen LogP contribution in [-0.2, 0) is 19.6 Å². The Morgan fingerprint density at radius 3 is 2.55 bits per heavy atom. The average molecular weight is 535 g/mol. The molecule has 0 saturated carbocycles. The van der Waals surface area contributed by atoms with Crippen molar-refractivity contribution in [2.24, 2.45) is 0 Å². The Hall–Kier alpha value is -4.89. The summed E-state index contributed by atoms with van der Waals surface area (Å²) < 4.78 is 21.0. The Labute approximate surface area is 229 Å². The van der Waals surface area contributed by atoms with Crippen LogP contribution in [0, 0.1) is 12.7 Å². The molecule has 1 unspecified atom stereocenters. The highest BCUT2D eigenvalue weighted by atomic mass is 19.1. The molecule has 0 saturated heterocycles. The second-order valence-electron chi connectivity index (χ2n) is 9.79. The van der Waals surface area contributed by atoms with Crippen molar-refractivity contribution >= 4 is 10.9 Å². The fourth-order valence-electron chi connectivity index (χ4n) is 5.04. The predicted molar refractivity (Wildman–Crippen MR) is 149 cm³/mol. The van der Waals surface area contributed by atoms with E-state index in [1.807, 2.05) is 73.7 Å². The molecule has 0 amide bonds. The number of nitrogens with zero attached hydrogens (tertiary/aromatic N) is 5. The number of benzene rings is 3. The fourth-order valence-corrected chi connectivity index (χ4v) is 5.04. The maximum absolute atomic E-state index is 13.8. The van der Waals surface area contributed by atoms with E-state index >= 15 is 0 Å². The average Bonchev–Trinajstić information content (AvgIpc) is 3.64. The van der Waals surface area contributed by atoms with Gasteiger partial charge in [0.15, 0.2) is 5.82 Å². The van der Waals surface area contributed by atoms with Crippen molar-refractivity contribution in [1.82, 2.24) is 30.1 Å². The predicted octanol–water partition coefficient (Wildman–Crippen LogP) is 5.40. The molecule has 1 atom stereocenters. The molecule has 1 N–H and O–H groups in total. The van der Waals surface area contributed by atoms with E-state index in [9.17, 15) is 9.18 Å². The van der Waals surface area contributed by atoms with Gasteiger partial charge in [-0.2, -0.15) is 0 Å². The molecule has 0 fully saturated rings. The largest absolute Gasteiger partial charge is 0.468 e. The molecule has 8 nitrogen and oxygen atoms in total. The first-order valence-electron chi connectivity index (χ1n) is 13.0. The highest BCUT2D eigenvalue weighted by Gasteiger charge is 2.31. The summed E-state index contributed by atoms with van der Waals surface area (Å²) in [4.78, 5) is 19.0. The Kier molecular flexibility index (Phi) is 7.03. The summed E-state index contributed by atoms with van der Waals surface area (Å²) in [6, 6.07) is 27.2. The highest BCUT2D eigenvalue weighted by Crippen LogP contribution is 2.31. The van der Waals surface area contributed by atoms with Crippen LogP contribution >= 0.6 is 0 Å². The number of hydrogen-bond acceptors (Lipinski definition) is 6. The zero-order valence-electron chi connectivity index (χ0n) is 21.9. The Morgan fingerprint density at radius 1 is 0.950 bits per heavy atom. The topological polar surface area (TPSA) is 92.8 Å². The van der Waals surface area contributed by atoms with Gasteiger partial charge in [-0.05, 0) is 69.8 Å². The number of tetrazole rings is 1. The van der Waals surface area contributed by atoms with Gasteiger partial charge < -0.3 is 9.40 Å². The molecule has 0 bridgehead atoms. The second-order valence-corrected chi connectivity index (χ2v) is 9.79. The van der Waals surface area contributed by atoms with Gasteiger partial charge in [0.05, 0.1) is 24.9 Å². The number of furan rings is 1. The van der Waals surface area contributed by atoms with E-state index in [-0.39, 0.29) is 11.4 Å². The molecule has 3 aromatic carbocycles. The van der Waals surface area contributed by atoms with Gasteiger partial charge in [-0.15, -0.1) is 5.10 Å². The van der Waals surface area contributed by atoms with E-state index in [2.05, 4.69) is 25.4 Å². The SMILES string of the molecule is Cc1cccc2cc(C(c3nnnn3Cc3ccc(F)cc3)N(Cc3ccccc3)Cc3ccco3)c(=O)[nH]c12. The van der Waals surface area contributed by atoms with E-state index in [0.717, 1.165) is 33.4 Å². The van der Waals surface area contributed by atoms with Gasteiger partial charge in [-0.25, -0.2) is 9.07 Å². The summed E-state index contributed by atoms with van der Waals surface area (Å²) >= 11 is 0. The number of para-hydroxylation sites is 1. The normalized spacial score (nSPS) is 12.3. The van der Waals surface area contributed by atoms with Crippen molar-refractivity contribution in [1.29, 1.82) is 0 Å². The van der Waals surface area contributed by atoms with Crippen molar-refractivity contribution in [3.8, 4) is 0 Å². The molecule has 9 heteroatoms. The number of aromatic amines is 1. The molecular weight excluding hydrogens is 507 g/mol. The lowest BCUT2D eigenvalue weighted by molar-refractivity contribution is 0.179. The van der Waals surface area contributed by atoms with Crippen LogP contribution in [0.5, 0.6) is 0 Å². The molecule has 40 heavy (non-hydrogen) atoms. The van der Waals surface area contributed by atoms with E-state index in [1.165, 1.54) is 12.1 Å². The maximum atomic E-state index is 13.8. The molecule has 3 heterocycles. The van der Waals surface area contributed by atoms with E-state index in [1.54, 1.807) is 23.1 Å². The fraction of sp³-hybridized carbons (Fsp3) is 0.161. The van der Waals surface area contributed by atoms with E-state index < -0.39 is 6.04 Å². The lowest BCUT2D eigenvalue weighted by atomic mass is 10.0. The Balaban J connectivity index is 1.52. The maximum Gasteiger partial charge on any atom is 0.253 e. The Morgan fingerprint density at radius 2 is 1.77 bits per heavy atom. The third-order valence-corrected chi connectivity index (χ3v) is 6.99. The number of rotatable bonds is 9. The van der Waals surface area contributed by atoms with Crippen LogP contribution in [0.1, 0.15) is 39.9 Å². The molecule has 0 aliphatic heterocycles. The number of hydrogen-bond donors (Lipinski definition) is 1. The first kappa shape index (κ1) is 25.4. The van der Waals surface area contributed by atoms with Gasteiger partial charge in [0.2, 0.25) is 0 Å². The number of aryl methyl sites for hydroxylation is 1. The van der Waals surface area contributed by atoms with Crippen LogP contribution in [0.2, 0.25) is 0 Å². The molecule has 0 radical (unpaired) electrons. The summed E-state index contributed by atoms with van der Waals surface area (Å²) in [5.41, 5.74) is 3.95. The molecule has 6 rings (SSSR count). The van der Waals surface area contributed by atoms with Gasteiger partial charge in [-0.3, -0.25) is 9.69 Å². The quantitative estimate of drug-likeness (QED) is 0.267. The number of pyridine rings is 1. The smallest absolute Gasteiger partial charge is 0.253 e. The summed E-state index contributed by atoms with van der Waals surface area (Å²) in [6.07, 6.45) is 1.63. The Bertz CT molecular complexity index is 1780. The number of fused-ring (bicyclic) bond motifs is 1. The zero-order valence-corrected chi connectivity index (χ0v) is 21.9. The van der Waals surface area contributed by atoms with Gasteiger partial charge in [0, 0.05) is 12.1 Å². The summed E-state index contributed by atoms with van der Waals surface area (Å²) in [7, 11) is 0. The third kappa shape index (κ3) is 5.32. The summed E-state index contributed by atoms with van der Waals surface area (Å²) in [6.45, 7) is 3.18. The molecule has 6 aromatic rings. The first-order valence-corrected chi connectivity index (χ1v) is 13.0. The van der Waals surface area contributed by atoms with Crippen LogP contribution in [0.15, 0.2) is 106 Å². The molecule has 200 valence electrons. The zero-order chi connectivity index (χ0) is 27.5. The number of nitrogens with one attached hydrogen (secondary N) is 1. The summed E-state index contributed by atoms with van der Waals surface area (Å²) in [5.74, 6) is 0.917. The monoisotopic (exact) mass is 534 g/mol. The minimum atomic E-state index is -0.630. The van der Waals surface area contributed by atoms with Gasteiger partial charge >= 0.3 is 0 Å². The standard InChI is InChI=1S/C31H27FN6O2/c1-21-7-5-10-24-17-27(31(39)33-28(21)24)29(30-34-35-36-38(30)19-23-12-14-25(32)15-13-23)37(20-26-11-6-16-40-26)18-22-8-3-2-4-9-22/h2-17,29H,18-20H2,1H3,(H,33,39). The molecule has 3 aromatic heterocycles. The minimum Gasteiger partial charge on any atom is -0.468 e. The van der Waals surface area contributed by atoms with Crippen LogP contribution in [0.25, 0.3) is 10.9 Å². The number of H-pyrrole nitrogens is 1. The lowest BCUT2D eigenvalue weighted by Gasteiger charge is -2.30. The third-order valence-electron chi connectivity index (χ3n) is 6.99. The van der Waals surface area contributed by atoms with Gasteiger partial charge in [0.25, 0.3) is 5.56 Å². The number of aromatic nitrogens is 5. The van der Waals surface area contributed by atoms with Crippen molar-refractivity contribution < 1.29 is 8.81 Å². The molecule has 0 spiro atoms. The van der Waals surface area contributed by atoms with E-state index in [0.29, 0.717) is 31.0 Å². The van der Waals surface area contributed by atoms with Crippen LogP contribution in [0.4, 0.5) is 4.39 Å². The van der Waals surface area contributed by atoms with Crippen LogP contribution in [-0.4, -0.2) is 30.1 Å². The van der Waals surface area contributed by atoms with Crippen LogP contribution in [0.3, 0.4) is 0 Å². The molecular formula is C31H27FN6O2. The van der Waals surface area contributed by atoms with Crippen molar-refractivity contribution in [3.63, 3.8) is 0 Å². The molecule has 0 aliphatic carbocycles. The van der Waals surface area contributed by atoms with Crippen LogP contribution < -0.4 is 5.56 Å². The second kappa shape index (κ2) is 11.1. The highest BCUT2D eigenvalue weighted by molar-refractivity contribution is 5.82. The first-order chi connectivity index (χ1) is 19.5. The van der Waals surface area contributed by atoms with E-state index in [4.69, 9.17) is 4.42 Å². The minimum absolute atomic E-state index is 0.222. The number of halogens is 1. The van der Waals surface area contributed by atoms with Crippen molar-refractivity contribution in [3.05, 3.63) is 147 Å². The van der Waals surface area contributed by atoms with Crippen molar-refractivity contribution in [2.75, 3.05) is 0 Å². The van der Waals surface area contributed by atoms with Crippen molar-refractivity contribution in [2.45, 2.75) is 32.6 Å².